The Hall–Kier alpha value is -1.82. The van der Waals surface area contributed by atoms with Crippen LogP contribution in [0.3, 0.4) is 0 Å². The van der Waals surface area contributed by atoms with Gasteiger partial charge in [0.25, 0.3) is 0 Å². The lowest BCUT2D eigenvalue weighted by Gasteiger charge is -2.03. The third-order valence-corrected chi connectivity index (χ3v) is 3.63. The maximum Gasteiger partial charge on any atom is 0.186 e. The van der Waals surface area contributed by atoms with Crippen LogP contribution < -0.4 is 5.73 Å². The van der Waals surface area contributed by atoms with Gasteiger partial charge in [0.1, 0.15) is 5.82 Å². The molecule has 0 atom stereocenters. The van der Waals surface area contributed by atoms with Crippen molar-refractivity contribution in [3.05, 3.63) is 34.4 Å². The number of nitrogens with zero attached hydrogens (tertiary/aromatic N) is 3. The zero-order valence-corrected chi connectivity index (χ0v) is 13.0. The molecule has 20 heavy (non-hydrogen) atoms. The van der Waals surface area contributed by atoms with Crippen molar-refractivity contribution < 1.29 is 0 Å². The number of hydrogen-bond donors (Lipinski definition) is 2. The lowest BCUT2D eigenvalue weighted by molar-refractivity contribution is 0.630. The molecule has 2 aromatic heterocycles. The fourth-order valence-corrected chi connectivity index (χ4v) is 2.71. The molecule has 0 radical (unpaired) electrons. The predicted octanol–water partition coefficient (Wildman–Crippen LogP) is 3.29. The molecule has 5 nitrogen and oxygen atoms in total. The van der Waals surface area contributed by atoms with Crippen LogP contribution in [0.1, 0.15) is 19.5 Å². The first-order valence-corrected chi connectivity index (χ1v) is 7.33. The highest BCUT2D eigenvalue weighted by Crippen LogP contribution is 2.27. The Balaban J connectivity index is 2.21. The average Bonchev–Trinajstić information content (AvgIpc) is 2.91. The van der Waals surface area contributed by atoms with Crippen LogP contribution in [0.25, 0.3) is 16.7 Å². The van der Waals surface area contributed by atoms with E-state index in [0.717, 1.165) is 33.3 Å². The fourth-order valence-electron chi connectivity index (χ4n) is 2.32. The van der Waals surface area contributed by atoms with Gasteiger partial charge >= 0.3 is 0 Å². The van der Waals surface area contributed by atoms with Crippen LogP contribution in [-0.2, 0) is 6.42 Å². The molecular weight excluding hydrogens is 318 g/mol. The van der Waals surface area contributed by atoms with E-state index in [9.17, 15) is 0 Å². The van der Waals surface area contributed by atoms with Gasteiger partial charge in [0.15, 0.2) is 5.65 Å². The Kier molecular flexibility index (Phi) is 3.25. The number of anilines is 1. The Morgan fingerprint density at radius 1 is 1.40 bits per heavy atom. The smallest absolute Gasteiger partial charge is 0.186 e. The summed E-state index contributed by atoms with van der Waals surface area (Å²) in [5.41, 5.74) is 8.72. The third-order valence-electron chi connectivity index (χ3n) is 3.14. The van der Waals surface area contributed by atoms with Gasteiger partial charge in [0.05, 0.1) is 16.8 Å². The van der Waals surface area contributed by atoms with Crippen LogP contribution in [0.5, 0.6) is 0 Å². The van der Waals surface area contributed by atoms with Crippen LogP contribution in [0.15, 0.2) is 28.7 Å². The van der Waals surface area contributed by atoms with E-state index in [1.165, 1.54) is 0 Å². The zero-order chi connectivity index (χ0) is 14.3. The molecule has 3 aromatic rings. The van der Waals surface area contributed by atoms with Gasteiger partial charge in [-0.1, -0.05) is 35.8 Å². The van der Waals surface area contributed by atoms with E-state index in [-0.39, 0.29) is 0 Å². The van der Waals surface area contributed by atoms with E-state index in [1.54, 1.807) is 0 Å². The summed E-state index contributed by atoms with van der Waals surface area (Å²) in [4.78, 5) is 0. The number of rotatable bonds is 3. The quantitative estimate of drug-likeness (QED) is 0.772. The summed E-state index contributed by atoms with van der Waals surface area (Å²) in [5, 5.41) is 12.8. The van der Waals surface area contributed by atoms with E-state index < -0.39 is 0 Å². The highest BCUT2D eigenvalue weighted by molar-refractivity contribution is 9.10. The minimum absolute atomic E-state index is 0.512. The van der Waals surface area contributed by atoms with Gasteiger partial charge in [0, 0.05) is 4.47 Å². The number of nitrogens with one attached hydrogen (secondary N) is 1. The van der Waals surface area contributed by atoms with Gasteiger partial charge < -0.3 is 5.73 Å². The van der Waals surface area contributed by atoms with E-state index in [4.69, 9.17) is 10.8 Å². The van der Waals surface area contributed by atoms with Gasteiger partial charge in [0.2, 0.25) is 0 Å². The van der Waals surface area contributed by atoms with Gasteiger partial charge in [-0.3, -0.25) is 5.10 Å². The number of hydrogen-bond acceptors (Lipinski definition) is 3. The number of aromatic nitrogens is 4. The molecule has 0 saturated carbocycles. The molecule has 2 heterocycles. The summed E-state index contributed by atoms with van der Waals surface area (Å²) >= 11 is 3.48. The second-order valence-corrected chi connectivity index (χ2v) is 6.19. The molecule has 0 fully saturated rings. The largest absolute Gasteiger partial charge is 0.383 e. The van der Waals surface area contributed by atoms with Crippen LogP contribution in [0, 0.1) is 5.92 Å². The number of nitrogens with two attached hydrogens (primary N) is 1. The molecule has 3 rings (SSSR count). The monoisotopic (exact) mass is 333 g/mol. The van der Waals surface area contributed by atoms with Gasteiger partial charge in [-0.15, -0.1) is 0 Å². The lowest BCUT2D eigenvalue weighted by atomic mass is 10.1. The summed E-state index contributed by atoms with van der Waals surface area (Å²) < 4.78 is 2.84. The first-order valence-electron chi connectivity index (χ1n) is 6.53. The molecule has 1 aromatic carbocycles. The van der Waals surface area contributed by atoms with E-state index in [2.05, 4.69) is 40.0 Å². The van der Waals surface area contributed by atoms with Gasteiger partial charge in [-0.25, -0.2) is 4.68 Å². The van der Waals surface area contributed by atoms with Gasteiger partial charge in [-0.05, 0) is 30.5 Å². The first-order chi connectivity index (χ1) is 9.56. The number of nitrogen functional groups attached to an aromatic ring is 1. The summed E-state index contributed by atoms with van der Waals surface area (Å²) in [5.74, 6) is 1.09. The third kappa shape index (κ3) is 2.20. The Labute approximate surface area is 125 Å². The highest BCUT2D eigenvalue weighted by Gasteiger charge is 2.18. The van der Waals surface area contributed by atoms with Crippen LogP contribution in [0.2, 0.25) is 0 Å². The Morgan fingerprint density at radius 2 is 2.20 bits per heavy atom. The number of aromatic amines is 1. The van der Waals surface area contributed by atoms with Crippen molar-refractivity contribution >= 4 is 32.8 Å². The second-order valence-electron chi connectivity index (χ2n) is 5.27. The van der Waals surface area contributed by atoms with Crippen molar-refractivity contribution in [3.63, 3.8) is 0 Å². The summed E-state index contributed by atoms with van der Waals surface area (Å²) in [6.07, 6.45) is 0.876. The summed E-state index contributed by atoms with van der Waals surface area (Å²) in [7, 11) is 0. The normalized spacial score (nSPS) is 11.6. The Morgan fingerprint density at radius 3 is 2.90 bits per heavy atom. The molecule has 0 aliphatic heterocycles. The van der Waals surface area contributed by atoms with E-state index >= 15 is 0 Å². The van der Waals surface area contributed by atoms with Crippen molar-refractivity contribution in [3.8, 4) is 5.69 Å². The molecule has 6 heteroatoms. The zero-order valence-electron chi connectivity index (χ0n) is 11.4. The van der Waals surface area contributed by atoms with Crippen molar-refractivity contribution in [2.24, 2.45) is 5.92 Å². The topological polar surface area (TPSA) is 72.5 Å². The molecule has 0 unspecified atom stereocenters. The van der Waals surface area contributed by atoms with Crippen LogP contribution in [-0.4, -0.2) is 20.0 Å². The SMILES string of the molecule is CC(C)Cc1nn(-c2cccc(Br)c2)c2n[nH]c(N)c12. The molecule has 3 N–H and O–H groups in total. The maximum atomic E-state index is 5.99. The molecular formula is C14H16BrN5. The van der Waals surface area contributed by atoms with E-state index in [0.29, 0.717) is 11.7 Å². The molecule has 0 aliphatic carbocycles. The van der Waals surface area contributed by atoms with Crippen LogP contribution in [0.4, 0.5) is 5.82 Å². The van der Waals surface area contributed by atoms with Gasteiger partial charge in [-0.2, -0.15) is 10.2 Å². The van der Waals surface area contributed by atoms with Crippen LogP contribution >= 0.6 is 15.9 Å². The standard InChI is InChI=1S/C14H16BrN5/c1-8(2)6-11-12-13(16)17-18-14(12)20(19-11)10-5-3-4-9(15)7-10/h3-5,7-8H,6H2,1-2H3,(H3,16,17,18). The number of halogens is 1. The van der Waals surface area contributed by atoms with E-state index in [1.807, 2.05) is 28.9 Å². The first kappa shape index (κ1) is 13.2. The minimum Gasteiger partial charge on any atom is -0.383 e. The molecule has 0 spiro atoms. The maximum absolute atomic E-state index is 5.99. The molecule has 0 saturated heterocycles. The highest BCUT2D eigenvalue weighted by atomic mass is 79.9. The molecule has 0 bridgehead atoms. The summed E-state index contributed by atoms with van der Waals surface area (Å²) in [6.45, 7) is 4.33. The average molecular weight is 334 g/mol. The summed E-state index contributed by atoms with van der Waals surface area (Å²) in [6, 6.07) is 7.97. The molecule has 104 valence electrons. The van der Waals surface area contributed by atoms with Crippen molar-refractivity contribution in [2.45, 2.75) is 20.3 Å². The van der Waals surface area contributed by atoms with Crippen molar-refractivity contribution in [1.82, 2.24) is 20.0 Å². The Bertz CT molecular complexity index is 756. The number of benzene rings is 1. The molecule has 0 aliphatic rings. The molecule has 0 amide bonds. The lowest BCUT2D eigenvalue weighted by Crippen LogP contribution is -2.01. The minimum atomic E-state index is 0.512. The number of H-pyrrole nitrogens is 1. The fraction of sp³-hybridized carbons (Fsp3) is 0.286. The van der Waals surface area contributed by atoms with Crippen molar-refractivity contribution in [2.75, 3.05) is 5.73 Å². The second kappa shape index (κ2) is 4.94. The number of fused-ring (bicyclic) bond motifs is 1. The predicted molar refractivity (Wildman–Crippen MR) is 83.9 cm³/mol. The van der Waals surface area contributed by atoms with Crippen molar-refractivity contribution in [1.29, 1.82) is 0 Å².